The van der Waals surface area contributed by atoms with Crippen molar-refractivity contribution in [3.8, 4) is 0 Å². The molecule has 41 heavy (non-hydrogen) atoms. The van der Waals surface area contributed by atoms with Crippen molar-refractivity contribution in [2.24, 2.45) is 63.1 Å². The molecule has 4 fully saturated rings. The van der Waals surface area contributed by atoms with Crippen molar-refractivity contribution in [3.63, 3.8) is 0 Å². The van der Waals surface area contributed by atoms with Gasteiger partial charge in [-0.1, -0.05) is 47.6 Å². The second-order valence-corrected chi connectivity index (χ2v) is 14.9. The minimum absolute atomic E-state index is 0.0560. The number of carbonyl (C=O) groups excluding carboxylic acids is 5. The van der Waals surface area contributed by atoms with Gasteiger partial charge in [0.15, 0.2) is 5.78 Å². The summed E-state index contributed by atoms with van der Waals surface area (Å²) in [5.74, 6) is -2.29. The maximum Gasteiger partial charge on any atom is 0.302 e. The lowest BCUT2D eigenvalue weighted by molar-refractivity contribution is -0.156. The quantitative estimate of drug-likeness (QED) is 0.280. The smallest absolute Gasteiger partial charge is 0.302 e. The SMILES string of the molecule is CC(=O)OC[C@H](C)C(C)C(=O)C(=O)[C@@H](C)[C@H]1[C@@H](OC(C)=O)C[C@@]2(C)[C@@H]3CC[C@H]4[C@H](C)C(=O)C=C[C@@]45C[C@@]35CC[C@]12C. The molecule has 7 heteroatoms. The molecule has 0 N–H and O–H groups in total. The fourth-order valence-electron chi connectivity index (χ4n) is 10.9. The van der Waals surface area contributed by atoms with E-state index in [2.05, 4.69) is 26.8 Å². The Hall–Kier alpha value is -2.31. The van der Waals surface area contributed by atoms with E-state index in [4.69, 9.17) is 9.47 Å². The first-order valence-corrected chi connectivity index (χ1v) is 15.7. The number of carbonyl (C=O) groups is 5. The molecule has 2 spiro atoms. The molecule has 5 aliphatic rings. The Labute approximate surface area is 244 Å². The van der Waals surface area contributed by atoms with Gasteiger partial charge < -0.3 is 9.47 Å². The van der Waals surface area contributed by atoms with Crippen LogP contribution in [0, 0.1) is 63.1 Å². The molecule has 7 nitrogen and oxygen atoms in total. The Kier molecular flexibility index (Phi) is 7.26. The summed E-state index contributed by atoms with van der Waals surface area (Å²) in [5, 5.41) is 0. The Balaban J connectivity index is 1.45. The van der Waals surface area contributed by atoms with E-state index in [1.165, 1.54) is 13.8 Å². The average Bonchev–Trinajstić information content (AvgIpc) is 3.52. The summed E-state index contributed by atoms with van der Waals surface area (Å²) in [6, 6.07) is 0. The monoisotopic (exact) mass is 568 g/mol. The van der Waals surface area contributed by atoms with Gasteiger partial charge in [-0.15, -0.1) is 0 Å². The largest absolute Gasteiger partial charge is 0.466 e. The van der Waals surface area contributed by atoms with Crippen LogP contribution in [0.15, 0.2) is 12.2 Å². The highest BCUT2D eigenvalue weighted by atomic mass is 16.5. The van der Waals surface area contributed by atoms with Crippen LogP contribution in [-0.2, 0) is 33.4 Å². The molecule has 4 saturated carbocycles. The predicted molar refractivity (Wildman–Crippen MR) is 152 cm³/mol. The third-order valence-corrected chi connectivity index (χ3v) is 13.4. The van der Waals surface area contributed by atoms with Crippen molar-refractivity contribution < 1.29 is 33.4 Å². The molecule has 0 aromatic rings. The molecule has 5 aliphatic carbocycles. The standard InChI is InChI=1S/C34H48O7/c1-18(16-40-22(5)35)19(2)29(38)30(39)21(4)28-26(41-23(6)36)15-32(8)27-10-9-24-20(3)25(37)11-12-33(24)17-34(27,33)14-13-31(28,32)7/h11-12,18-21,24,26-28H,9-10,13-17H2,1-8H3/t18-,19?,20-,21-,24-,26-,27-,28-,31+,32-,33+,34-/m0/s1. The zero-order valence-corrected chi connectivity index (χ0v) is 26.1. The van der Waals surface area contributed by atoms with Crippen molar-refractivity contribution >= 4 is 29.3 Å². The van der Waals surface area contributed by atoms with E-state index in [9.17, 15) is 24.0 Å². The maximum absolute atomic E-state index is 13.8. The molecule has 226 valence electrons. The van der Waals surface area contributed by atoms with Crippen molar-refractivity contribution in [1.29, 1.82) is 0 Å². The molecule has 5 rings (SSSR count). The third-order valence-electron chi connectivity index (χ3n) is 13.4. The van der Waals surface area contributed by atoms with Gasteiger partial charge >= 0.3 is 11.9 Å². The van der Waals surface area contributed by atoms with E-state index in [1.807, 2.05) is 19.9 Å². The molecule has 12 atom stereocenters. The van der Waals surface area contributed by atoms with Crippen molar-refractivity contribution in [2.45, 2.75) is 100 Å². The van der Waals surface area contributed by atoms with Crippen LogP contribution in [0.1, 0.15) is 93.9 Å². The zero-order valence-electron chi connectivity index (χ0n) is 26.1. The van der Waals surface area contributed by atoms with E-state index >= 15 is 0 Å². The summed E-state index contributed by atoms with van der Waals surface area (Å²) in [6.45, 7) is 15.0. The van der Waals surface area contributed by atoms with Gasteiger partial charge in [0.1, 0.15) is 6.10 Å². The van der Waals surface area contributed by atoms with Crippen LogP contribution in [0.2, 0.25) is 0 Å². The number of Topliss-reactive ketones (excluding diaryl/α,β-unsaturated/α-hetero) is 2. The Morgan fingerprint density at radius 1 is 0.976 bits per heavy atom. The molecular formula is C34H48O7. The van der Waals surface area contributed by atoms with E-state index in [0.29, 0.717) is 18.3 Å². The first-order chi connectivity index (χ1) is 19.1. The normalized spacial score (nSPS) is 44.3. The highest BCUT2D eigenvalue weighted by Crippen LogP contribution is 2.87. The number of esters is 2. The summed E-state index contributed by atoms with van der Waals surface area (Å²) in [5.41, 5.74) is -0.237. The van der Waals surface area contributed by atoms with Crippen molar-refractivity contribution in [1.82, 2.24) is 0 Å². The van der Waals surface area contributed by atoms with Gasteiger partial charge in [0.05, 0.1) is 6.61 Å². The van der Waals surface area contributed by atoms with Crippen LogP contribution < -0.4 is 0 Å². The summed E-state index contributed by atoms with van der Waals surface area (Å²) < 4.78 is 11.1. The second-order valence-electron chi connectivity index (χ2n) is 14.9. The summed E-state index contributed by atoms with van der Waals surface area (Å²) in [7, 11) is 0. The Morgan fingerprint density at radius 3 is 2.29 bits per heavy atom. The topological polar surface area (TPSA) is 104 Å². The maximum atomic E-state index is 13.8. The van der Waals surface area contributed by atoms with E-state index in [1.54, 1.807) is 6.92 Å². The van der Waals surface area contributed by atoms with Gasteiger partial charge in [0, 0.05) is 43.4 Å². The average molecular weight is 569 g/mol. The van der Waals surface area contributed by atoms with Crippen LogP contribution in [0.4, 0.5) is 0 Å². The lowest BCUT2D eigenvalue weighted by Crippen LogP contribution is -2.55. The van der Waals surface area contributed by atoms with Crippen LogP contribution in [0.3, 0.4) is 0 Å². The van der Waals surface area contributed by atoms with Gasteiger partial charge in [-0.05, 0) is 78.1 Å². The number of ether oxygens (including phenoxy) is 2. The first kappa shape index (κ1) is 30.2. The summed E-state index contributed by atoms with van der Waals surface area (Å²) in [4.78, 5) is 63.5. The number of fused-ring (bicyclic) bond motifs is 2. The third kappa shape index (κ3) is 4.14. The van der Waals surface area contributed by atoms with Gasteiger partial charge in [-0.25, -0.2) is 0 Å². The van der Waals surface area contributed by atoms with E-state index in [-0.39, 0.29) is 57.8 Å². The van der Waals surface area contributed by atoms with Gasteiger partial charge in [-0.2, -0.15) is 0 Å². The molecule has 0 heterocycles. The van der Waals surface area contributed by atoms with Crippen LogP contribution >= 0.6 is 0 Å². The highest BCUT2D eigenvalue weighted by molar-refractivity contribution is 6.38. The molecule has 0 aromatic heterocycles. The minimum Gasteiger partial charge on any atom is -0.466 e. The van der Waals surface area contributed by atoms with Crippen LogP contribution in [-0.4, -0.2) is 42.0 Å². The molecular weight excluding hydrogens is 520 g/mol. The second kappa shape index (κ2) is 9.87. The highest BCUT2D eigenvalue weighted by Gasteiger charge is 2.81. The number of hydrogen-bond acceptors (Lipinski definition) is 7. The molecule has 0 bridgehead atoms. The molecule has 0 aliphatic heterocycles. The summed E-state index contributed by atoms with van der Waals surface area (Å²) in [6.07, 6.45) is 9.43. The number of hydrogen-bond donors (Lipinski definition) is 0. The fraction of sp³-hybridized carbons (Fsp3) is 0.794. The minimum atomic E-state index is -0.604. The molecule has 0 radical (unpaired) electrons. The van der Waals surface area contributed by atoms with Gasteiger partial charge in [-0.3, -0.25) is 24.0 Å². The van der Waals surface area contributed by atoms with Crippen molar-refractivity contribution in [2.75, 3.05) is 6.61 Å². The van der Waals surface area contributed by atoms with Crippen molar-refractivity contribution in [3.05, 3.63) is 12.2 Å². The number of ketones is 3. The molecule has 1 unspecified atom stereocenters. The fourth-order valence-corrected chi connectivity index (χ4v) is 10.9. The first-order valence-electron chi connectivity index (χ1n) is 15.7. The molecule has 0 saturated heterocycles. The molecule has 0 aromatic carbocycles. The van der Waals surface area contributed by atoms with E-state index < -0.39 is 35.5 Å². The Morgan fingerprint density at radius 2 is 1.66 bits per heavy atom. The zero-order chi connectivity index (χ0) is 30.3. The Bertz CT molecular complexity index is 1200. The summed E-state index contributed by atoms with van der Waals surface area (Å²) >= 11 is 0. The molecule has 0 amide bonds. The van der Waals surface area contributed by atoms with E-state index in [0.717, 1.165) is 32.1 Å². The van der Waals surface area contributed by atoms with Gasteiger partial charge in [0.2, 0.25) is 11.6 Å². The van der Waals surface area contributed by atoms with Crippen LogP contribution in [0.5, 0.6) is 0 Å². The van der Waals surface area contributed by atoms with Gasteiger partial charge in [0.25, 0.3) is 0 Å². The van der Waals surface area contributed by atoms with Crippen LogP contribution in [0.25, 0.3) is 0 Å². The predicted octanol–water partition coefficient (Wildman–Crippen LogP) is 5.53. The lowest BCUT2D eigenvalue weighted by Gasteiger charge is -2.60. The number of rotatable bonds is 8. The number of allylic oxidation sites excluding steroid dienone is 2. The lowest BCUT2D eigenvalue weighted by atomic mass is 9.43.